The Kier molecular flexibility index (Phi) is 4.96. The van der Waals surface area contributed by atoms with Gasteiger partial charge in [0.2, 0.25) is 5.91 Å². The third-order valence-electron chi connectivity index (χ3n) is 5.20. The average Bonchev–Trinajstić information content (AvgIpc) is 3.24. The van der Waals surface area contributed by atoms with Crippen molar-refractivity contribution in [3.05, 3.63) is 75.2 Å². The van der Waals surface area contributed by atoms with Crippen molar-refractivity contribution in [3.63, 3.8) is 0 Å². The minimum Gasteiger partial charge on any atom is -0.334 e. The van der Waals surface area contributed by atoms with Crippen molar-refractivity contribution in [2.75, 3.05) is 0 Å². The molecular weight excluding hydrogens is 421 g/mol. The number of benzene rings is 1. The van der Waals surface area contributed by atoms with Crippen molar-refractivity contribution in [1.29, 1.82) is 0 Å². The summed E-state index contributed by atoms with van der Waals surface area (Å²) in [6.07, 6.45) is 3.31. The lowest BCUT2D eigenvalue weighted by Crippen LogP contribution is -2.37. The summed E-state index contributed by atoms with van der Waals surface area (Å²) < 4.78 is 14.9. The number of amides is 1. The van der Waals surface area contributed by atoms with Crippen molar-refractivity contribution in [1.82, 2.24) is 14.5 Å². The van der Waals surface area contributed by atoms with Gasteiger partial charge in [0.15, 0.2) is 0 Å². The lowest BCUT2D eigenvalue weighted by Gasteiger charge is -2.23. The summed E-state index contributed by atoms with van der Waals surface area (Å²) in [7, 11) is 0. The number of hydrogen-bond donors (Lipinski definition) is 0. The number of carbonyl (C=O) groups is 1. The normalized spacial score (nSPS) is 13.6. The van der Waals surface area contributed by atoms with Crippen LogP contribution in [-0.2, 0) is 17.9 Å². The summed E-state index contributed by atoms with van der Waals surface area (Å²) in [6.45, 7) is 0.262. The molecule has 1 amide bonds. The Hall–Kier alpha value is -2.84. The average molecular weight is 440 g/mol. The molecule has 8 heteroatoms. The van der Waals surface area contributed by atoms with Crippen LogP contribution < -0.4 is 5.56 Å². The predicted molar refractivity (Wildman–Crippen MR) is 117 cm³/mol. The van der Waals surface area contributed by atoms with E-state index in [0.29, 0.717) is 16.8 Å². The van der Waals surface area contributed by atoms with E-state index in [2.05, 4.69) is 4.98 Å². The molecule has 1 aliphatic carbocycles. The SMILES string of the molecule is O=C(Cn1cnc2scc(-c3cccs3)c2c1=O)N(Cc1cccc(F)c1)C1CC1. The van der Waals surface area contributed by atoms with Gasteiger partial charge in [0, 0.05) is 28.4 Å². The van der Waals surface area contributed by atoms with Crippen LogP contribution in [0.25, 0.3) is 20.7 Å². The second-order valence-corrected chi connectivity index (χ2v) is 9.17. The molecule has 0 atom stereocenters. The molecule has 0 unspecified atom stereocenters. The van der Waals surface area contributed by atoms with E-state index in [1.165, 1.54) is 34.4 Å². The zero-order valence-corrected chi connectivity index (χ0v) is 17.6. The maximum absolute atomic E-state index is 13.6. The lowest BCUT2D eigenvalue weighted by atomic mass is 10.2. The molecule has 0 aliphatic heterocycles. The molecule has 3 aromatic heterocycles. The Balaban J connectivity index is 1.44. The molecule has 0 spiro atoms. The smallest absolute Gasteiger partial charge is 0.263 e. The van der Waals surface area contributed by atoms with Gasteiger partial charge < -0.3 is 4.90 Å². The van der Waals surface area contributed by atoms with Crippen molar-refractivity contribution < 1.29 is 9.18 Å². The molecule has 0 bridgehead atoms. The second-order valence-electron chi connectivity index (χ2n) is 7.37. The summed E-state index contributed by atoms with van der Waals surface area (Å²) in [4.78, 5) is 34.1. The summed E-state index contributed by atoms with van der Waals surface area (Å²) in [5, 5.41) is 4.47. The molecule has 30 heavy (non-hydrogen) atoms. The van der Waals surface area contributed by atoms with Crippen LogP contribution in [0.15, 0.2) is 58.3 Å². The third kappa shape index (κ3) is 3.68. The number of hydrogen-bond acceptors (Lipinski definition) is 5. The Morgan fingerprint density at radius 2 is 2.10 bits per heavy atom. The van der Waals surface area contributed by atoms with E-state index in [9.17, 15) is 14.0 Å². The highest BCUT2D eigenvalue weighted by Crippen LogP contribution is 2.33. The number of rotatable bonds is 6. The molecule has 1 aliphatic rings. The Morgan fingerprint density at radius 1 is 1.23 bits per heavy atom. The van der Waals surface area contributed by atoms with Gasteiger partial charge in [-0.15, -0.1) is 22.7 Å². The van der Waals surface area contributed by atoms with Crippen LogP contribution in [0.2, 0.25) is 0 Å². The van der Waals surface area contributed by atoms with E-state index in [0.717, 1.165) is 28.8 Å². The zero-order valence-electron chi connectivity index (χ0n) is 16.0. The highest BCUT2D eigenvalue weighted by molar-refractivity contribution is 7.18. The van der Waals surface area contributed by atoms with E-state index >= 15 is 0 Å². The largest absolute Gasteiger partial charge is 0.334 e. The van der Waals surface area contributed by atoms with Crippen LogP contribution in [0.5, 0.6) is 0 Å². The number of nitrogens with zero attached hydrogens (tertiary/aromatic N) is 3. The summed E-state index contributed by atoms with van der Waals surface area (Å²) >= 11 is 3.00. The molecule has 3 heterocycles. The predicted octanol–water partition coefficient (Wildman–Crippen LogP) is 4.52. The van der Waals surface area contributed by atoms with Gasteiger partial charge in [-0.2, -0.15) is 0 Å². The molecule has 0 radical (unpaired) electrons. The number of aromatic nitrogens is 2. The molecule has 5 nitrogen and oxygen atoms in total. The van der Waals surface area contributed by atoms with E-state index < -0.39 is 0 Å². The highest BCUT2D eigenvalue weighted by Gasteiger charge is 2.32. The highest BCUT2D eigenvalue weighted by atomic mass is 32.1. The molecule has 5 rings (SSSR count). The van der Waals surface area contributed by atoms with Crippen LogP contribution >= 0.6 is 22.7 Å². The molecule has 0 saturated heterocycles. The summed E-state index contributed by atoms with van der Waals surface area (Å²) in [5.41, 5.74) is 1.40. The Bertz CT molecular complexity index is 1280. The van der Waals surface area contributed by atoms with Gasteiger partial charge in [0.05, 0.1) is 11.7 Å². The molecule has 4 aromatic rings. The minimum atomic E-state index is -0.319. The van der Waals surface area contributed by atoms with E-state index in [-0.39, 0.29) is 29.9 Å². The number of halogens is 1. The first-order valence-electron chi connectivity index (χ1n) is 9.64. The van der Waals surface area contributed by atoms with E-state index in [1.807, 2.05) is 29.0 Å². The van der Waals surface area contributed by atoms with Gasteiger partial charge in [-0.3, -0.25) is 14.2 Å². The molecule has 0 N–H and O–H groups in total. The number of thiophene rings is 2. The van der Waals surface area contributed by atoms with Crippen LogP contribution in [0, 0.1) is 5.82 Å². The van der Waals surface area contributed by atoms with Crippen molar-refractivity contribution in [2.45, 2.75) is 32.0 Å². The topological polar surface area (TPSA) is 55.2 Å². The monoisotopic (exact) mass is 439 g/mol. The standard InChI is InChI=1S/C22H18FN3O2S2/c23-15-4-1-3-14(9-15)10-26(16-6-7-16)19(27)11-25-13-24-21-20(22(25)28)17(12-30-21)18-5-2-8-29-18/h1-5,8-9,12-13,16H,6-7,10-11H2. The molecule has 1 aromatic carbocycles. The van der Waals surface area contributed by atoms with Crippen molar-refractivity contribution in [2.24, 2.45) is 0 Å². The quantitative estimate of drug-likeness (QED) is 0.444. The van der Waals surface area contributed by atoms with Crippen LogP contribution in [0.3, 0.4) is 0 Å². The fraction of sp³-hybridized carbons (Fsp3) is 0.227. The summed E-state index contributed by atoms with van der Waals surface area (Å²) in [6, 6.07) is 10.4. The van der Waals surface area contributed by atoms with Gasteiger partial charge in [-0.1, -0.05) is 18.2 Å². The molecule has 1 saturated carbocycles. The maximum Gasteiger partial charge on any atom is 0.263 e. The zero-order chi connectivity index (χ0) is 20.7. The molecule has 152 valence electrons. The van der Waals surface area contributed by atoms with Gasteiger partial charge in [0.25, 0.3) is 5.56 Å². The van der Waals surface area contributed by atoms with Gasteiger partial charge in [-0.25, -0.2) is 9.37 Å². The molecule has 1 fully saturated rings. The fourth-order valence-corrected chi connectivity index (χ4v) is 5.29. The Morgan fingerprint density at radius 3 is 2.83 bits per heavy atom. The lowest BCUT2D eigenvalue weighted by molar-refractivity contribution is -0.133. The Labute approximate surface area is 180 Å². The first-order chi connectivity index (χ1) is 14.6. The van der Waals surface area contributed by atoms with E-state index in [4.69, 9.17) is 0 Å². The maximum atomic E-state index is 13.6. The first kappa shape index (κ1) is 19.1. The summed E-state index contributed by atoms with van der Waals surface area (Å²) in [5.74, 6) is -0.474. The van der Waals surface area contributed by atoms with Crippen LogP contribution in [0.4, 0.5) is 4.39 Å². The van der Waals surface area contributed by atoms with Gasteiger partial charge in [-0.05, 0) is 42.0 Å². The van der Waals surface area contributed by atoms with Crippen LogP contribution in [0.1, 0.15) is 18.4 Å². The van der Waals surface area contributed by atoms with Gasteiger partial charge >= 0.3 is 0 Å². The van der Waals surface area contributed by atoms with Crippen molar-refractivity contribution >= 4 is 38.8 Å². The van der Waals surface area contributed by atoms with Crippen molar-refractivity contribution in [3.8, 4) is 10.4 Å². The fourth-order valence-electron chi connectivity index (χ4n) is 3.57. The third-order valence-corrected chi connectivity index (χ3v) is 6.99. The number of fused-ring (bicyclic) bond motifs is 1. The number of carbonyl (C=O) groups excluding carboxylic acids is 1. The molecular formula is C22H18FN3O2S2. The second kappa shape index (κ2) is 7.77. The minimum absolute atomic E-state index is 0.0761. The first-order valence-corrected chi connectivity index (χ1v) is 11.4. The van der Waals surface area contributed by atoms with E-state index in [1.54, 1.807) is 22.3 Å². The van der Waals surface area contributed by atoms with Gasteiger partial charge in [0.1, 0.15) is 17.2 Å². The van der Waals surface area contributed by atoms with Crippen LogP contribution in [-0.4, -0.2) is 26.4 Å².